The van der Waals surface area contributed by atoms with E-state index in [0.29, 0.717) is 6.42 Å². The summed E-state index contributed by atoms with van der Waals surface area (Å²) in [4.78, 5) is 26.0. The minimum absolute atomic E-state index is 0.0169. The predicted molar refractivity (Wildman–Crippen MR) is 76.2 cm³/mol. The van der Waals surface area contributed by atoms with Gasteiger partial charge in [-0.25, -0.2) is 0 Å². The van der Waals surface area contributed by atoms with Crippen molar-refractivity contribution in [3.05, 3.63) is 29.8 Å². The number of fused-ring (bicyclic) bond motifs is 1. The summed E-state index contributed by atoms with van der Waals surface area (Å²) in [5.74, 6) is 0.234. The molecule has 19 heavy (non-hydrogen) atoms. The van der Waals surface area contributed by atoms with Gasteiger partial charge in [0.05, 0.1) is 6.54 Å². The molecule has 1 aliphatic rings. The van der Waals surface area contributed by atoms with Crippen LogP contribution in [0.1, 0.15) is 38.7 Å². The van der Waals surface area contributed by atoms with Gasteiger partial charge in [-0.3, -0.25) is 9.59 Å². The molecule has 0 aromatic heterocycles. The zero-order valence-electron chi connectivity index (χ0n) is 11.7. The van der Waals surface area contributed by atoms with E-state index in [0.717, 1.165) is 24.9 Å². The summed E-state index contributed by atoms with van der Waals surface area (Å²) in [6.07, 6.45) is 3.13. The molecule has 2 rings (SSSR count). The molecule has 3 heteroatoms. The number of para-hydroxylation sites is 1. The Hall–Kier alpha value is -1.64. The lowest BCUT2D eigenvalue weighted by atomic mass is 10.0. The van der Waals surface area contributed by atoms with Crippen molar-refractivity contribution in [1.29, 1.82) is 0 Å². The fourth-order valence-corrected chi connectivity index (χ4v) is 2.40. The fraction of sp³-hybridized carbons (Fsp3) is 0.500. The SMILES string of the molecule is CCC(C)C(=O)CN1C(=O)CCCc2ccccc21. The molecular weight excluding hydrogens is 238 g/mol. The van der Waals surface area contributed by atoms with Gasteiger partial charge in [0, 0.05) is 18.0 Å². The van der Waals surface area contributed by atoms with Crippen LogP contribution in [-0.4, -0.2) is 18.2 Å². The van der Waals surface area contributed by atoms with Crippen LogP contribution >= 0.6 is 0 Å². The Kier molecular flexibility index (Phi) is 4.35. The number of amides is 1. The fourth-order valence-electron chi connectivity index (χ4n) is 2.40. The molecule has 1 aromatic carbocycles. The molecule has 0 saturated heterocycles. The van der Waals surface area contributed by atoms with Gasteiger partial charge in [0.15, 0.2) is 5.78 Å². The van der Waals surface area contributed by atoms with Crippen molar-refractivity contribution in [3.8, 4) is 0 Å². The molecule has 0 radical (unpaired) electrons. The van der Waals surface area contributed by atoms with Crippen molar-refractivity contribution in [2.24, 2.45) is 5.92 Å². The van der Waals surface area contributed by atoms with Crippen LogP contribution < -0.4 is 4.90 Å². The largest absolute Gasteiger partial charge is 0.305 e. The Balaban J connectivity index is 2.26. The average molecular weight is 259 g/mol. The molecule has 1 aromatic rings. The molecule has 0 spiro atoms. The van der Waals surface area contributed by atoms with Gasteiger partial charge in [-0.05, 0) is 30.9 Å². The van der Waals surface area contributed by atoms with Crippen molar-refractivity contribution >= 4 is 17.4 Å². The standard InChI is InChI=1S/C16H21NO2/c1-3-12(2)15(18)11-17-14-9-5-4-7-13(14)8-6-10-16(17)19/h4-5,7,9,12H,3,6,8,10-11H2,1-2H3. The van der Waals surface area contributed by atoms with Crippen LogP contribution in [0.5, 0.6) is 0 Å². The minimum atomic E-state index is 0.0169. The Morgan fingerprint density at radius 3 is 2.79 bits per heavy atom. The Bertz CT molecular complexity index is 481. The first-order valence-corrected chi connectivity index (χ1v) is 7.04. The molecule has 1 heterocycles. The van der Waals surface area contributed by atoms with Crippen molar-refractivity contribution in [2.75, 3.05) is 11.4 Å². The highest BCUT2D eigenvalue weighted by Crippen LogP contribution is 2.27. The van der Waals surface area contributed by atoms with Crippen molar-refractivity contribution in [1.82, 2.24) is 0 Å². The Morgan fingerprint density at radius 2 is 2.05 bits per heavy atom. The number of carbonyl (C=O) groups is 2. The first-order valence-electron chi connectivity index (χ1n) is 7.04. The van der Waals surface area contributed by atoms with Crippen LogP contribution in [0, 0.1) is 5.92 Å². The molecule has 0 N–H and O–H groups in total. The van der Waals surface area contributed by atoms with Gasteiger partial charge in [-0.1, -0.05) is 32.0 Å². The topological polar surface area (TPSA) is 37.4 Å². The summed E-state index contributed by atoms with van der Waals surface area (Å²) in [5, 5.41) is 0. The molecule has 102 valence electrons. The van der Waals surface area contributed by atoms with Gasteiger partial charge in [0.25, 0.3) is 0 Å². The van der Waals surface area contributed by atoms with Crippen molar-refractivity contribution in [3.63, 3.8) is 0 Å². The number of nitrogens with zero attached hydrogens (tertiary/aromatic N) is 1. The van der Waals surface area contributed by atoms with E-state index in [4.69, 9.17) is 0 Å². The number of carbonyl (C=O) groups excluding carboxylic acids is 2. The summed E-state index contributed by atoms with van der Waals surface area (Å²) in [7, 11) is 0. The number of anilines is 1. The summed E-state index contributed by atoms with van der Waals surface area (Å²) < 4.78 is 0. The van der Waals surface area contributed by atoms with Gasteiger partial charge >= 0.3 is 0 Å². The van der Waals surface area contributed by atoms with Crippen LogP contribution in [-0.2, 0) is 16.0 Å². The molecule has 1 aliphatic heterocycles. The zero-order chi connectivity index (χ0) is 13.8. The third-order valence-corrected chi connectivity index (χ3v) is 3.90. The number of ketones is 1. The van der Waals surface area contributed by atoms with Crippen molar-refractivity contribution < 1.29 is 9.59 Å². The number of aryl methyl sites for hydroxylation is 1. The highest BCUT2D eigenvalue weighted by molar-refractivity contribution is 6.00. The maximum atomic E-state index is 12.2. The van der Waals surface area contributed by atoms with Crippen LogP contribution in [0.2, 0.25) is 0 Å². The number of hydrogen-bond donors (Lipinski definition) is 0. The Labute approximate surface area is 114 Å². The van der Waals surface area contributed by atoms with E-state index in [1.165, 1.54) is 5.56 Å². The smallest absolute Gasteiger partial charge is 0.227 e. The van der Waals surface area contributed by atoms with E-state index in [-0.39, 0.29) is 24.2 Å². The van der Waals surface area contributed by atoms with E-state index >= 15 is 0 Å². The Morgan fingerprint density at radius 1 is 1.32 bits per heavy atom. The van der Waals surface area contributed by atoms with E-state index in [2.05, 4.69) is 6.07 Å². The van der Waals surface area contributed by atoms with Gasteiger partial charge in [0.1, 0.15) is 0 Å². The molecule has 0 saturated carbocycles. The lowest BCUT2D eigenvalue weighted by Gasteiger charge is -2.23. The van der Waals surface area contributed by atoms with E-state index in [1.807, 2.05) is 32.0 Å². The maximum Gasteiger partial charge on any atom is 0.227 e. The second-order valence-corrected chi connectivity index (χ2v) is 5.24. The van der Waals surface area contributed by atoms with E-state index < -0.39 is 0 Å². The maximum absolute atomic E-state index is 12.2. The predicted octanol–water partition coefficient (Wildman–Crippen LogP) is 2.97. The van der Waals surface area contributed by atoms with Crippen LogP contribution in [0.3, 0.4) is 0 Å². The molecule has 1 atom stereocenters. The number of hydrogen-bond acceptors (Lipinski definition) is 2. The second kappa shape index (κ2) is 6.00. The third kappa shape index (κ3) is 3.03. The van der Waals surface area contributed by atoms with Crippen LogP contribution in [0.25, 0.3) is 0 Å². The first kappa shape index (κ1) is 13.8. The molecule has 0 aliphatic carbocycles. The van der Waals surface area contributed by atoms with E-state index in [1.54, 1.807) is 4.90 Å². The minimum Gasteiger partial charge on any atom is -0.305 e. The first-order chi connectivity index (χ1) is 9.13. The molecular formula is C16H21NO2. The van der Waals surface area contributed by atoms with Gasteiger partial charge in [-0.15, -0.1) is 0 Å². The second-order valence-electron chi connectivity index (χ2n) is 5.24. The van der Waals surface area contributed by atoms with Gasteiger partial charge in [-0.2, -0.15) is 0 Å². The summed E-state index contributed by atoms with van der Waals surface area (Å²) >= 11 is 0. The molecule has 1 amide bonds. The summed E-state index contributed by atoms with van der Waals surface area (Å²) in [5.41, 5.74) is 2.09. The van der Waals surface area contributed by atoms with Crippen molar-refractivity contribution in [2.45, 2.75) is 39.5 Å². The summed E-state index contributed by atoms with van der Waals surface area (Å²) in [6, 6.07) is 7.92. The number of benzene rings is 1. The third-order valence-electron chi connectivity index (χ3n) is 3.90. The quantitative estimate of drug-likeness (QED) is 0.833. The number of rotatable bonds is 4. The lowest BCUT2D eigenvalue weighted by molar-refractivity contribution is -0.124. The summed E-state index contributed by atoms with van der Waals surface area (Å²) in [6.45, 7) is 4.14. The molecule has 1 unspecified atom stereocenters. The zero-order valence-corrected chi connectivity index (χ0v) is 11.7. The van der Waals surface area contributed by atoms with Crippen LogP contribution in [0.15, 0.2) is 24.3 Å². The molecule has 3 nitrogen and oxygen atoms in total. The lowest BCUT2D eigenvalue weighted by Crippen LogP contribution is -2.37. The monoisotopic (exact) mass is 259 g/mol. The highest BCUT2D eigenvalue weighted by atomic mass is 16.2. The van der Waals surface area contributed by atoms with Gasteiger partial charge < -0.3 is 4.90 Å². The number of Topliss-reactive ketones (excluding diaryl/α,β-unsaturated/α-hetero) is 1. The normalized spacial score (nSPS) is 16.7. The molecule has 0 fully saturated rings. The van der Waals surface area contributed by atoms with Gasteiger partial charge in [0.2, 0.25) is 5.91 Å². The molecule has 0 bridgehead atoms. The van der Waals surface area contributed by atoms with Crippen LogP contribution in [0.4, 0.5) is 5.69 Å². The average Bonchev–Trinajstić information content (AvgIpc) is 2.58. The highest BCUT2D eigenvalue weighted by Gasteiger charge is 2.25. The van der Waals surface area contributed by atoms with E-state index in [9.17, 15) is 9.59 Å².